The maximum Gasteiger partial charge on any atom is 0.320 e. The number of carbonyl (C=O) groups is 3. The zero-order valence-corrected chi connectivity index (χ0v) is 20.4. The molecule has 0 spiro atoms. The number of primary sulfonamides is 1. The lowest BCUT2D eigenvalue weighted by molar-refractivity contribution is -0.140. The molecule has 3 aromatic carbocycles. The molecule has 192 valence electrons. The first-order chi connectivity index (χ1) is 17.4. The van der Waals surface area contributed by atoms with Crippen molar-refractivity contribution in [3.05, 3.63) is 77.6 Å². The van der Waals surface area contributed by atoms with Crippen LogP contribution < -0.4 is 21.1 Å². The van der Waals surface area contributed by atoms with E-state index in [1.807, 2.05) is 0 Å². The Morgan fingerprint density at radius 2 is 1.70 bits per heavy atom. The molecule has 3 amide bonds. The van der Waals surface area contributed by atoms with Gasteiger partial charge in [0, 0.05) is 16.3 Å². The van der Waals surface area contributed by atoms with Crippen molar-refractivity contribution >= 4 is 50.9 Å². The van der Waals surface area contributed by atoms with Crippen LogP contribution in [0.3, 0.4) is 0 Å². The van der Waals surface area contributed by atoms with Gasteiger partial charge >= 0.3 is 12.0 Å². The molecule has 0 radical (unpaired) electrons. The van der Waals surface area contributed by atoms with Gasteiger partial charge in [0.25, 0.3) is 5.91 Å². The molecule has 2 atom stereocenters. The number of benzene rings is 3. The van der Waals surface area contributed by atoms with Crippen molar-refractivity contribution in [3.8, 4) is 11.1 Å². The molecular weight excluding hydrogens is 527 g/mol. The van der Waals surface area contributed by atoms with Gasteiger partial charge in [0.05, 0.1) is 16.5 Å². The molecule has 13 heteroatoms. The average Bonchev–Trinajstić information content (AvgIpc) is 3.57. The molecule has 1 fully saturated rings. The molecule has 1 aliphatic carbocycles. The van der Waals surface area contributed by atoms with Gasteiger partial charge in [-0.1, -0.05) is 35.9 Å². The van der Waals surface area contributed by atoms with Crippen LogP contribution in [0.5, 0.6) is 0 Å². The third-order valence-corrected chi connectivity index (χ3v) is 7.05. The number of sulfonamides is 1. The van der Waals surface area contributed by atoms with Gasteiger partial charge < -0.3 is 21.1 Å². The number of rotatable bonds is 7. The lowest BCUT2D eigenvalue weighted by Crippen LogP contribution is -2.50. The van der Waals surface area contributed by atoms with E-state index in [9.17, 15) is 32.3 Å². The Morgan fingerprint density at radius 1 is 1.03 bits per heavy atom. The molecule has 0 aliphatic heterocycles. The van der Waals surface area contributed by atoms with E-state index in [4.69, 9.17) is 16.7 Å². The van der Waals surface area contributed by atoms with Gasteiger partial charge in [-0.05, 0) is 54.4 Å². The van der Waals surface area contributed by atoms with Gasteiger partial charge in [0.1, 0.15) is 11.4 Å². The molecule has 0 aromatic heterocycles. The van der Waals surface area contributed by atoms with Crippen LogP contribution in [0, 0.1) is 11.7 Å². The second kappa shape index (κ2) is 9.81. The minimum Gasteiger partial charge on any atom is -0.481 e. The first-order valence-corrected chi connectivity index (χ1v) is 12.6. The summed E-state index contributed by atoms with van der Waals surface area (Å²) in [6.45, 7) is 0. The number of nitrogens with one attached hydrogen (secondary N) is 3. The fourth-order valence-corrected chi connectivity index (χ4v) is 4.76. The lowest BCUT2D eigenvalue weighted by Gasteiger charge is -2.19. The van der Waals surface area contributed by atoms with Crippen molar-refractivity contribution in [1.29, 1.82) is 0 Å². The predicted octanol–water partition coefficient (Wildman–Crippen LogP) is 3.40. The SMILES string of the molecule is NS(=O)(=O)c1ccccc1-c1ccc(NC(=O)C2(NC(=O)Nc3ccc(Cl)cc3)CC2C(=O)O)c(F)c1. The number of anilines is 2. The molecule has 1 aliphatic rings. The van der Waals surface area contributed by atoms with E-state index < -0.39 is 45.2 Å². The summed E-state index contributed by atoms with van der Waals surface area (Å²) in [7, 11) is -4.09. The number of carboxylic acid groups (broad SMARTS) is 1. The maximum absolute atomic E-state index is 14.9. The van der Waals surface area contributed by atoms with Crippen molar-refractivity contribution in [1.82, 2.24) is 5.32 Å². The van der Waals surface area contributed by atoms with Crippen LogP contribution in [0.1, 0.15) is 6.42 Å². The third kappa shape index (κ3) is 5.56. The summed E-state index contributed by atoms with van der Waals surface area (Å²) in [6, 6.07) is 14.6. The Kier molecular flexibility index (Phi) is 6.91. The summed E-state index contributed by atoms with van der Waals surface area (Å²) in [5.74, 6) is -4.38. The summed E-state index contributed by atoms with van der Waals surface area (Å²) in [5, 5.41) is 22.3. The number of hydrogen-bond acceptors (Lipinski definition) is 5. The second-order valence-electron chi connectivity index (χ2n) is 8.34. The molecule has 2 unspecified atom stereocenters. The number of nitrogens with two attached hydrogens (primary N) is 1. The van der Waals surface area contributed by atoms with Gasteiger partial charge in [0.15, 0.2) is 0 Å². The van der Waals surface area contributed by atoms with Crippen molar-refractivity contribution in [2.24, 2.45) is 11.1 Å². The second-order valence-corrected chi connectivity index (χ2v) is 10.3. The zero-order valence-electron chi connectivity index (χ0n) is 18.9. The number of aliphatic carboxylic acids is 1. The Bertz CT molecular complexity index is 1520. The predicted molar refractivity (Wildman–Crippen MR) is 134 cm³/mol. The molecule has 3 aromatic rings. The summed E-state index contributed by atoms with van der Waals surface area (Å²) < 4.78 is 38.7. The highest BCUT2D eigenvalue weighted by atomic mass is 35.5. The Labute approximate surface area is 215 Å². The molecule has 0 saturated heterocycles. The Morgan fingerprint density at radius 3 is 2.30 bits per heavy atom. The van der Waals surface area contributed by atoms with Gasteiger partial charge in [0.2, 0.25) is 10.0 Å². The molecular formula is C24H20ClFN4O6S. The van der Waals surface area contributed by atoms with Gasteiger partial charge in [-0.15, -0.1) is 0 Å². The van der Waals surface area contributed by atoms with E-state index in [2.05, 4.69) is 16.0 Å². The standard InChI is InChI=1S/C24H20ClFN4O6S/c25-14-6-8-15(9-7-14)28-23(34)30-24(12-17(24)21(31)32)22(33)29-19-10-5-13(11-18(19)26)16-3-1-2-4-20(16)37(27,35)36/h1-11,17H,12H2,(H,29,33)(H,31,32)(H2,27,35,36)(H2,28,30,34). The van der Waals surface area contributed by atoms with Crippen LogP contribution in [0.2, 0.25) is 5.02 Å². The van der Waals surface area contributed by atoms with E-state index in [0.717, 1.165) is 6.07 Å². The fourth-order valence-electron chi connectivity index (χ4n) is 3.88. The van der Waals surface area contributed by atoms with E-state index in [1.54, 1.807) is 6.07 Å². The molecule has 4 rings (SSSR count). The normalized spacial score (nSPS) is 18.5. The van der Waals surface area contributed by atoms with Crippen LogP contribution in [0.4, 0.5) is 20.6 Å². The van der Waals surface area contributed by atoms with Crippen LogP contribution in [0.15, 0.2) is 71.6 Å². The van der Waals surface area contributed by atoms with E-state index in [1.165, 1.54) is 54.6 Å². The highest BCUT2D eigenvalue weighted by molar-refractivity contribution is 7.89. The van der Waals surface area contributed by atoms with E-state index in [0.29, 0.717) is 10.7 Å². The number of carbonyl (C=O) groups excluding carboxylic acids is 2. The summed E-state index contributed by atoms with van der Waals surface area (Å²) in [6.07, 6.45) is -0.205. The van der Waals surface area contributed by atoms with Crippen molar-refractivity contribution < 1.29 is 32.3 Å². The summed E-state index contributed by atoms with van der Waals surface area (Å²) in [5.41, 5.74) is -1.41. The minimum atomic E-state index is -4.09. The summed E-state index contributed by atoms with van der Waals surface area (Å²) in [4.78, 5) is 36.9. The number of urea groups is 1. The highest BCUT2D eigenvalue weighted by Crippen LogP contribution is 2.45. The highest BCUT2D eigenvalue weighted by Gasteiger charge is 2.65. The van der Waals surface area contributed by atoms with Crippen molar-refractivity contribution in [2.45, 2.75) is 16.9 Å². The molecule has 0 heterocycles. The number of hydrogen-bond donors (Lipinski definition) is 5. The Balaban J connectivity index is 1.54. The lowest BCUT2D eigenvalue weighted by atomic mass is 10.0. The first kappa shape index (κ1) is 26.1. The zero-order chi connectivity index (χ0) is 27.0. The van der Waals surface area contributed by atoms with Crippen LogP contribution in [0.25, 0.3) is 11.1 Å². The number of amides is 3. The third-order valence-electron chi connectivity index (χ3n) is 5.82. The molecule has 10 nitrogen and oxygen atoms in total. The molecule has 0 bridgehead atoms. The minimum absolute atomic E-state index is 0.159. The Hall–Kier alpha value is -4.00. The van der Waals surface area contributed by atoms with E-state index >= 15 is 0 Å². The van der Waals surface area contributed by atoms with E-state index in [-0.39, 0.29) is 28.1 Å². The first-order valence-electron chi connectivity index (χ1n) is 10.7. The molecule has 1 saturated carbocycles. The van der Waals surface area contributed by atoms with Crippen LogP contribution in [-0.4, -0.2) is 37.0 Å². The van der Waals surface area contributed by atoms with Crippen LogP contribution in [-0.2, 0) is 19.6 Å². The topological polar surface area (TPSA) is 168 Å². The van der Waals surface area contributed by atoms with Gasteiger partial charge in [-0.3, -0.25) is 9.59 Å². The fraction of sp³-hybridized carbons (Fsp3) is 0.125. The largest absolute Gasteiger partial charge is 0.481 e. The smallest absolute Gasteiger partial charge is 0.320 e. The summed E-state index contributed by atoms with van der Waals surface area (Å²) >= 11 is 5.81. The van der Waals surface area contributed by atoms with Gasteiger partial charge in [-0.2, -0.15) is 0 Å². The number of carboxylic acids is 1. The number of halogens is 2. The maximum atomic E-state index is 14.9. The molecule has 37 heavy (non-hydrogen) atoms. The monoisotopic (exact) mass is 546 g/mol. The van der Waals surface area contributed by atoms with Crippen molar-refractivity contribution in [3.63, 3.8) is 0 Å². The molecule has 6 N–H and O–H groups in total. The van der Waals surface area contributed by atoms with Crippen molar-refractivity contribution in [2.75, 3.05) is 10.6 Å². The van der Waals surface area contributed by atoms with Crippen LogP contribution >= 0.6 is 11.6 Å². The average molecular weight is 547 g/mol. The quantitative estimate of drug-likeness (QED) is 0.304. The van der Waals surface area contributed by atoms with Gasteiger partial charge in [-0.25, -0.2) is 22.7 Å².